The van der Waals surface area contributed by atoms with Crippen molar-refractivity contribution in [1.82, 2.24) is 5.32 Å². The lowest BCUT2D eigenvalue weighted by Crippen LogP contribution is -2.50. The van der Waals surface area contributed by atoms with E-state index < -0.39 is 0 Å². The van der Waals surface area contributed by atoms with Gasteiger partial charge in [0.15, 0.2) is 0 Å². The van der Waals surface area contributed by atoms with Crippen LogP contribution in [0.4, 0.5) is 0 Å². The normalized spacial score (nSPS) is 16.1. The summed E-state index contributed by atoms with van der Waals surface area (Å²) >= 11 is 0. The van der Waals surface area contributed by atoms with E-state index in [0.717, 1.165) is 18.6 Å². The van der Waals surface area contributed by atoms with E-state index in [-0.39, 0.29) is 12.1 Å². The van der Waals surface area contributed by atoms with Crippen molar-refractivity contribution in [2.24, 2.45) is 0 Å². The molecule has 0 aromatic heterocycles. The van der Waals surface area contributed by atoms with Crippen LogP contribution in [0.5, 0.6) is 5.75 Å². The van der Waals surface area contributed by atoms with Crippen LogP contribution in [0.3, 0.4) is 0 Å². The Kier molecular flexibility index (Phi) is 5.63. The molecule has 1 aromatic carbocycles. The number of para-hydroxylation sites is 1. The van der Waals surface area contributed by atoms with Crippen molar-refractivity contribution in [1.29, 1.82) is 0 Å². The molecule has 2 unspecified atom stereocenters. The van der Waals surface area contributed by atoms with Crippen LogP contribution in [-0.2, 0) is 6.42 Å². The third-order valence-corrected chi connectivity index (χ3v) is 3.44. The van der Waals surface area contributed by atoms with Gasteiger partial charge in [0.2, 0.25) is 0 Å². The van der Waals surface area contributed by atoms with Crippen molar-refractivity contribution in [2.75, 3.05) is 13.7 Å². The zero-order valence-corrected chi connectivity index (χ0v) is 11.9. The van der Waals surface area contributed by atoms with Gasteiger partial charge in [-0.25, -0.2) is 0 Å². The zero-order chi connectivity index (χ0) is 13.6. The molecule has 102 valence electrons. The minimum absolute atomic E-state index is 0.153. The SMILES string of the molecule is CCC(C)(CO)NC(C)Cc1ccccc1OC. The molecule has 0 aliphatic carbocycles. The van der Waals surface area contributed by atoms with Crippen molar-refractivity contribution < 1.29 is 9.84 Å². The first kappa shape index (κ1) is 15.0. The van der Waals surface area contributed by atoms with Gasteiger partial charge in [-0.1, -0.05) is 25.1 Å². The van der Waals surface area contributed by atoms with Crippen LogP contribution < -0.4 is 10.1 Å². The number of benzene rings is 1. The van der Waals surface area contributed by atoms with Gasteiger partial charge >= 0.3 is 0 Å². The topological polar surface area (TPSA) is 41.5 Å². The van der Waals surface area contributed by atoms with Crippen LogP contribution >= 0.6 is 0 Å². The summed E-state index contributed by atoms with van der Waals surface area (Å²) in [7, 11) is 1.70. The minimum Gasteiger partial charge on any atom is -0.496 e. The second-order valence-corrected chi connectivity index (χ2v) is 5.13. The van der Waals surface area contributed by atoms with E-state index in [1.54, 1.807) is 7.11 Å². The fourth-order valence-electron chi connectivity index (χ4n) is 2.11. The van der Waals surface area contributed by atoms with E-state index in [4.69, 9.17) is 4.74 Å². The molecule has 0 aliphatic heterocycles. The molecule has 2 N–H and O–H groups in total. The number of aliphatic hydroxyl groups excluding tert-OH is 1. The van der Waals surface area contributed by atoms with Gasteiger partial charge in [-0.15, -0.1) is 0 Å². The summed E-state index contributed by atoms with van der Waals surface area (Å²) in [6.45, 7) is 6.42. The first-order chi connectivity index (χ1) is 8.54. The maximum atomic E-state index is 9.41. The third-order valence-electron chi connectivity index (χ3n) is 3.44. The maximum absolute atomic E-state index is 9.41. The molecule has 3 heteroatoms. The van der Waals surface area contributed by atoms with Crippen LogP contribution in [0.25, 0.3) is 0 Å². The molecule has 0 amide bonds. The third kappa shape index (κ3) is 4.00. The maximum Gasteiger partial charge on any atom is 0.122 e. The number of methoxy groups -OCH3 is 1. The first-order valence-electron chi connectivity index (χ1n) is 6.55. The highest BCUT2D eigenvalue weighted by atomic mass is 16.5. The van der Waals surface area contributed by atoms with Crippen LogP contribution in [0.15, 0.2) is 24.3 Å². The van der Waals surface area contributed by atoms with E-state index >= 15 is 0 Å². The lowest BCUT2D eigenvalue weighted by atomic mass is 9.97. The highest BCUT2D eigenvalue weighted by Crippen LogP contribution is 2.20. The second-order valence-electron chi connectivity index (χ2n) is 5.13. The molecule has 0 aliphatic rings. The molecule has 0 fully saturated rings. The van der Waals surface area contributed by atoms with Crippen LogP contribution in [0, 0.1) is 0 Å². The van der Waals surface area contributed by atoms with Gasteiger partial charge in [0.1, 0.15) is 5.75 Å². The number of aliphatic hydroxyl groups is 1. The van der Waals surface area contributed by atoms with E-state index in [9.17, 15) is 5.11 Å². The summed E-state index contributed by atoms with van der Waals surface area (Å²) in [5.41, 5.74) is 0.984. The highest BCUT2D eigenvalue weighted by molar-refractivity contribution is 5.33. The number of hydrogen-bond donors (Lipinski definition) is 2. The van der Waals surface area contributed by atoms with Crippen molar-refractivity contribution >= 4 is 0 Å². The standard InChI is InChI=1S/C15H25NO2/c1-5-15(3,11-17)16-12(2)10-13-8-6-7-9-14(13)18-4/h6-9,12,16-17H,5,10-11H2,1-4H3. The predicted molar refractivity (Wildman–Crippen MR) is 75.1 cm³/mol. The van der Waals surface area contributed by atoms with Crippen molar-refractivity contribution in [3.8, 4) is 5.75 Å². The van der Waals surface area contributed by atoms with E-state index in [1.165, 1.54) is 5.56 Å². The Morgan fingerprint density at radius 3 is 2.61 bits per heavy atom. The van der Waals surface area contributed by atoms with Crippen LogP contribution in [-0.4, -0.2) is 30.4 Å². The molecule has 0 spiro atoms. The number of ether oxygens (including phenoxy) is 1. The molecule has 0 bridgehead atoms. The Bertz CT molecular complexity index is 361. The summed E-state index contributed by atoms with van der Waals surface area (Å²) < 4.78 is 5.35. The number of nitrogens with one attached hydrogen (secondary N) is 1. The smallest absolute Gasteiger partial charge is 0.122 e. The molecule has 1 rings (SSSR count). The lowest BCUT2D eigenvalue weighted by Gasteiger charge is -2.31. The van der Waals surface area contributed by atoms with Gasteiger partial charge in [-0.2, -0.15) is 0 Å². The molecule has 0 heterocycles. The van der Waals surface area contributed by atoms with E-state index in [0.29, 0.717) is 6.04 Å². The predicted octanol–water partition coefficient (Wildman–Crippen LogP) is 2.38. The molecular formula is C15H25NO2. The lowest BCUT2D eigenvalue weighted by molar-refractivity contribution is 0.159. The Morgan fingerprint density at radius 1 is 1.39 bits per heavy atom. The van der Waals surface area contributed by atoms with Gasteiger partial charge in [0.05, 0.1) is 13.7 Å². The van der Waals surface area contributed by atoms with Crippen molar-refractivity contribution in [3.05, 3.63) is 29.8 Å². The summed E-state index contributed by atoms with van der Waals surface area (Å²) in [6.07, 6.45) is 1.79. The molecule has 0 saturated heterocycles. The Hall–Kier alpha value is -1.06. The minimum atomic E-state index is -0.207. The van der Waals surface area contributed by atoms with E-state index in [1.807, 2.05) is 25.1 Å². The molecule has 18 heavy (non-hydrogen) atoms. The number of hydrogen-bond acceptors (Lipinski definition) is 3. The molecule has 0 saturated carbocycles. The first-order valence-corrected chi connectivity index (χ1v) is 6.55. The van der Waals surface area contributed by atoms with Crippen LogP contribution in [0.2, 0.25) is 0 Å². The molecule has 2 atom stereocenters. The summed E-state index contributed by atoms with van der Waals surface area (Å²) in [5, 5.41) is 12.9. The monoisotopic (exact) mass is 251 g/mol. The average molecular weight is 251 g/mol. The largest absolute Gasteiger partial charge is 0.496 e. The fraction of sp³-hybridized carbons (Fsp3) is 0.600. The van der Waals surface area contributed by atoms with Gasteiger partial charge in [0.25, 0.3) is 0 Å². The van der Waals surface area contributed by atoms with Crippen molar-refractivity contribution in [3.63, 3.8) is 0 Å². The van der Waals surface area contributed by atoms with Crippen molar-refractivity contribution in [2.45, 2.75) is 45.2 Å². The van der Waals surface area contributed by atoms with Gasteiger partial charge in [-0.3, -0.25) is 0 Å². The summed E-state index contributed by atoms with van der Waals surface area (Å²) in [4.78, 5) is 0. The van der Waals surface area contributed by atoms with Gasteiger partial charge in [0, 0.05) is 11.6 Å². The number of rotatable bonds is 7. The second kappa shape index (κ2) is 6.76. The zero-order valence-electron chi connectivity index (χ0n) is 11.9. The Labute approximate surface area is 110 Å². The summed E-state index contributed by atoms with van der Waals surface area (Å²) in [6, 6.07) is 8.35. The van der Waals surface area contributed by atoms with Crippen LogP contribution in [0.1, 0.15) is 32.8 Å². The summed E-state index contributed by atoms with van der Waals surface area (Å²) in [5.74, 6) is 0.924. The van der Waals surface area contributed by atoms with E-state index in [2.05, 4.69) is 25.2 Å². The highest BCUT2D eigenvalue weighted by Gasteiger charge is 2.23. The fourth-order valence-corrected chi connectivity index (χ4v) is 2.11. The van der Waals surface area contributed by atoms with Gasteiger partial charge in [-0.05, 0) is 38.3 Å². The molecular weight excluding hydrogens is 226 g/mol. The Morgan fingerprint density at radius 2 is 2.06 bits per heavy atom. The Balaban J connectivity index is 2.67. The molecule has 3 nitrogen and oxygen atoms in total. The average Bonchev–Trinajstić information content (AvgIpc) is 2.39. The molecule has 1 aromatic rings. The van der Waals surface area contributed by atoms with Gasteiger partial charge < -0.3 is 15.2 Å². The quantitative estimate of drug-likeness (QED) is 0.782. The molecule has 0 radical (unpaired) electrons.